The minimum Gasteiger partial charge on any atom is -0.366 e. The van der Waals surface area contributed by atoms with Crippen molar-refractivity contribution in [1.29, 1.82) is 0 Å². The van der Waals surface area contributed by atoms with Crippen LogP contribution in [0.3, 0.4) is 0 Å². The zero-order valence-corrected chi connectivity index (χ0v) is 14.1. The number of hydrogen-bond acceptors (Lipinski definition) is 5. The summed E-state index contributed by atoms with van der Waals surface area (Å²) in [6.45, 7) is 0. The Morgan fingerprint density at radius 1 is 0.963 bits per heavy atom. The van der Waals surface area contributed by atoms with Gasteiger partial charge in [-0.1, -0.05) is 30.3 Å². The minimum absolute atomic E-state index is 0.00359. The largest absolute Gasteiger partial charge is 0.418 e. The predicted octanol–water partition coefficient (Wildman–Crippen LogP) is 3.69. The number of aromatic nitrogens is 5. The lowest BCUT2D eigenvalue weighted by Crippen LogP contribution is -2.09. The van der Waals surface area contributed by atoms with Crippen LogP contribution in [0.5, 0.6) is 0 Å². The van der Waals surface area contributed by atoms with E-state index in [9.17, 15) is 13.2 Å². The molecule has 2 N–H and O–H groups in total. The quantitative estimate of drug-likeness (QED) is 0.582. The summed E-state index contributed by atoms with van der Waals surface area (Å²) in [6.07, 6.45) is -3.17. The van der Waals surface area contributed by atoms with Crippen molar-refractivity contribution in [1.82, 2.24) is 25.0 Å². The van der Waals surface area contributed by atoms with E-state index in [-0.39, 0.29) is 22.7 Å². The Kier molecular flexibility index (Phi) is 3.79. The van der Waals surface area contributed by atoms with Crippen molar-refractivity contribution in [2.75, 3.05) is 5.73 Å². The molecule has 0 saturated carbocycles. The van der Waals surface area contributed by atoms with Crippen LogP contribution in [-0.2, 0) is 13.2 Å². The van der Waals surface area contributed by atoms with Crippen LogP contribution < -0.4 is 5.73 Å². The third-order valence-corrected chi connectivity index (χ3v) is 4.16. The maximum absolute atomic E-state index is 13.6. The second kappa shape index (κ2) is 6.04. The van der Waals surface area contributed by atoms with Gasteiger partial charge < -0.3 is 5.73 Å². The highest BCUT2D eigenvalue weighted by atomic mass is 19.4. The molecular formula is C18H13F3N6. The minimum atomic E-state index is -4.55. The van der Waals surface area contributed by atoms with Crippen molar-refractivity contribution in [2.45, 2.75) is 6.18 Å². The summed E-state index contributed by atoms with van der Waals surface area (Å²) in [6, 6.07) is 11.6. The van der Waals surface area contributed by atoms with E-state index >= 15 is 0 Å². The monoisotopic (exact) mass is 370 g/mol. The number of fused-ring (bicyclic) bond motifs is 1. The molecule has 4 rings (SSSR count). The predicted molar refractivity (Wildman–Crippen MR) is 94.4 cm³/mol. The Hall–Kier alpha value is -3.49. The molecule has 4 aromatic rings. The van der Waals surface area contributed by atoms with Crippen LogP contribution in [0, 0.1) is 0 Å². The van der Waals surface area contributed by atoms with E-state index in [0.29, 0.717) is 16.6 Å². The molecule has 0 aliphatic heterocycles. The molecule has 2 aromatic carbocycles. The van der Waals surface area contributed by atoms with Gasteiger partial charge in [0.05, 0.1) is 17.3 Å². The lowest BCUT2D eigenvalue weighted by molar-refractivity contribution is -0.136. The Morgan fingerprint density at radius 2 is 1.70 bits per heavy atom. The maximum Gasteiger partial charge on any atom is 0.418 e. The lowest BCUT2D eigenvalue weighted by atomic mass is 10.00. The van der Waals surface area contributed by atoms with E-state index in [1.807, 2.05) is 6.07 Å². The standard InChI is InChI=1S/C18H13F3N6/c1-27-16-12(9-23-27)7-11(8-13(16)18(19,20)21)15-14(24-17(22)26-25-15)10-5-3-2-4-6-10/h2-9H,1H3,(H2,22,24,26). The van der Waals surface area contributed by atoms with Crippen LogP contribution in [-0.4, -0.2) is 25.0 Å². The van der Waals surface area contributed by atoms with Crippen LogP contribution in [0.4, 0.5) is 19.1 Å². The van der Waals surface area contributed by atoms with Gasteiger partial charge in [0.25, 0.3) is 0 Å². The van der Waals surface area contributed by atoms with E-state index < -0.39 is 11.7 Å². The number of anilines is 1. The first-order chi connectivity index (χ1) is 12.8. The summed E-state index contributed by atoms with van der Waals surface area (Å²) in [5, 5.41) is 12.1. The molecule has 0 unspecified atom stereocenters. The average Bonchev–Trinajstić information content (AvgIpc) is 3.02. The summed E-state index contributed by atoms with van der Waals surface area (Å²) in [5.41, 5.74) is 6.35. The van der Waals surface area contributed by atoms with E-state index in [1.165, 1.54) is 17.9 Å². The first-order valence-corrected chi connectivity index (χ1v) is 7.93. The van der Waals surface area contributed by atoms with Gasteiger partial charge in [0.15, 0.2) is 0 Å². The van der Waals surface area contributed by atoms with Gasteiger partial charge >= 0.3 is 6.18 Å². The summed E-state index contributed by atoms with van der Waals surface area (Å²) >= 11 is 0. The van der Waals surface area contributed by atoms with Gasteiger partial charge in [0, 0.05) is 23.6 Å². The van der Waals surface area contributed by atoms with Gasteiger partial charge in [-0.15, -0.1) is 10.2 Å². The summed E-state index contributed by atoms with van der Waals surface area (Å²) in [4.78, 5) is 4.20. The summed E-state index contributed by atoms with van der Waals surface area (Å²) < 4.78 is 42.1. The van der Waals surface area contributed by atoms with E-state index in [1.54, 1.807) is 30.3 Å². The molecule has 0 amide bonds. The number of halogens is 3. The lowest BCUT2D eigenvalue weighted by Gasteiger charge is -2.13. The highest BCUT2D eigenvalue weighted by molar-refractivity contribution is 5.90. The van der Waals surface area contributed by atoms with Crippen LogP contribution in [0.25, 0.3) is 33.4 Å². The Balaban J connectivity index is 2.02. The molecule has 0 aliphatic rings. The highest BCUT2D eigenvalue weighted by Gasteiger charge is 2.35. The Labute approximate surface area is 151 Å². The molecule has 0 bridgehead atoms. The van der Waals surface area contributed by atoms with Crippen molar-refractivity contribution in [3.05, 3.63) is 54.2 Å². The number of nitrogen functional groups attached to an aromatic ring is 1. The fourth-order valence-electron chi connectivity index (χ4n) is 3.01. The van der Waals surface area contributed by atoms with E-state index in [2.05, 4.69) is 20.3 Å². The van der Waals surface area contributed by atoms with E-state index in [0.717, 1.165) is 6.07 Å². The molecule has 0 atom stereocenters. The van der Waals surface area contributed by atoms with Crippen LogP contribution >= 0.6 is 0 Å². The molecule has 136 valence electrons. The number of nitrogens with zero attached hydrogens (tertiary/aromatic N) is 5. The number of rotatable bonds is 2. The Bertz CT molecular complexity index is 1140. The normalized spacial score (nSPS) is 11.9. The first-order valence-electron chi connectivity index (χ1n) is 7.93. The third kappa shape index (κ3) is 2.97. The van der Waals surface area contributed by atoms with Gasteiger partial charge in [-0.05, 0) is 12.1 Å². The molecule has 0 radical (unpaired) electrons. The number of aryl methyl sites for hydroxylation is 1. The molecular weight excluding hydrogens is 357 g/mol. The fourth-order valence-corrected chi connectivity index (χ4v) is 3.01. The number of nitrogens with two attached hydrogens (primary N) is 1. The van der Waals surface area contributed by atoms with Gasteiger partial charge in [0.2, 0.25) is 5.95 Å². The topological polar surface area (TPSA) is 82.5 Å². The highest BCUT2D eigenvalue weighted by Crippen LogP contribution is 2.39. The van der Waals surface area contributed by atoms with Gasteiger partial charge in [-0.3, -0.25) is 4.68 Å². The molecule has 6 nitrogen and oxygen atoms in total. The fraction of sp³-hybridized carbons (Fsp3) is 0.111. The van der Waals surface area contributed by atoms with Crippen molar-refractivity contribution < 1.29 is 13.2 Å². The molecule has 0 spiro atoms. The number of benzene rings is 2. The zero-order chi connectivity index (χ0) is 19.2. The molecule has 0 saturated heterocycles. The van der Waals surface area contributed by atoms with Gasteiger partial charge in [-0.2, -0.15) is 18.3 Å². The molecule has 0 aliphatic carbocycles. The summed E-state index contributed by atoms with van der Waals surface area (Å²) in [5.74, 6) is -0.0592. The van der Waals surface area contributed by atoms with Gasteiger partial charge in [0.1, 0.15) is 11.4 Å². The van der Waals surface area contributed by atoms with Crippen LogP contribution in [0.15, 0.2) is 48.7 Å². The van der Waals surface area contributed by atoms with Crippen molar-refractivity contribution >= 4 is 16.9 Å². The molecule has 0 fully saturated rings. The van der Waals surface area contributed by atoms with Crippen LogP contribution in [0.2, 0.25) is 0 Å². The maximum atomic E-state index is 13.6. The van der Waals surface area contributed by atoms with Crippen molar-refractivity contribution in [2.24, 2.45) is 7.05 Å². The average molecular weight is 370 g/mol. The second-order valence-electron chi connectivity index (χ2n) is 5.96. The smallest absolute Gasteiger partial charge is 0.366 e. The second-order valence-corrected chi connectivity index (χ2v) is 5.96. The van der Waals surface area contributed by atoms with E-state index in [4.69, 9.17) is 5.73 Å². The first kappa shape index (κ1) is 17.0. The summed E-state index contributed by atoms with van der Waals surface area (Å²) in [7, 11) is 1.47. The van der Waals surface area contributed by atoms with Gasteiger partial charge in [-0.25, -0.2) is 4.98 Å². The van der Waals surface area contributed by atoms with Crippen LogP contribution in [0.1, 0.15) is 5.56 Å². The molecule has 9 heteroatoms. The number of alkyl halides is 3. The van der Waals surface area contributed by atoms with Crippen molar-refractivity contribution in [3.8, 4) is 22.5 Å². The van der Waals surface area contributed by atoms with Crippen molar-refractivity contribution in [3.63, 3.8) is 0 Å². The Morgan fingerprint density at radius 3 is 2.41 bits per heavy atom. The molecule has 2 heterocycles. The SMILES string of the molecule is Cn1ncc2cc(-c3nnc(N)nc3-c3ccccc3)cc(C(F)(F)F)c21. The molecule has 2 aromatic heterocycles. The zero-order valence-electron chi connectivity index (χ0n) is 14.1. The molecule has 27 heavy (non-hydrogen) atoms. The number of hydrogen-bond donors (Lipinski definition) is 1. The third-order valence-electron chi connectivity index (χ3n) is 4.16.